The first-order valence-electron chi connectivity index (χ1n) is 11.7. The summed E-state index contributed by atoms with van der Waals surface area (Å²) in [6, 6.07) is 11.4. The van der Waals surface area contributed by atoms with Crippen molar-refractivity contribution in [3.63, 3.8) is 0 Å². The largest absolute Gasteiger partial charge is 0.320 e. The van der Waals surface area contributed by atoms with Crippen molar-refractivity contribution < 1.29 is 18.5 Å². The minimum Gasteiger partial charge on any atom is -0.265 e. The van der Waals surface area contributed by atoms with Crippen LogP contribution in [0.25, 0.3) is 6.08 Å². The zero-order valence-electron chi connectivity index (χ0n) is 19.5. The van der Waals surface area contributed by atoms with Gasteiger partial charge in [0.2, 0.25) is 5.69 Å². The molecule has 5 rings (SSSR count). The van der Waals surface area contributed by atoms with Gasteiger partial charge in [-0.05, 0) is 73.2 Å². The van der Waals surface area contributed by atoms with Gasteiger partial charge in [-0.1, -0.05) is 24.3 Å². The number of amides is 1. The molecule has 2 aliphatic rings. The molecule has 0 saturated heterocycles. The number of nitro groups is 1. The molecule has 3 aromatic rings. The summed E-state index contributed by atoms with van der Waals surface area (Å²) < 4.78 is 28.4. The highest BCUT2D eigenvalue weighted by molar-refractivity contribution is 6.09. The lowest BCUT2D eigenvalue weighted by Crippen LogP contribution is -2.32. The number of hydrogen-bond donors (Lipinski definition) is 0. The van der Waals surface area contributed by atoms with Crippen molar-refractivity contribution in [3.05, 3.63) is 98.9 Å². The van der Waals surface area contributed by atoms with Gasteiger partial charge in [-0.2, -0.15) is 10.2 Å². The predicted molar refractivity (Wildman–Crippen MR) is 129 cm³/mol. The minimum atomic E-state index is -0.689. The van der Waals surface area contributed by atoms with Crippen LogP contribution >= 0.6 is 0 Å². The molecule has 8 nitrogen and oxygen atoms in total. The number of hydrogen-bond acceptors (Lipinski definition) is 5. The fraction of sp³-hybridized carbons (Fsp3) is 0.269. The van der Waals surface area contributed by atoms with E-state index in [1.807, 2.05) is 6.08 Å². The smallest absolute Gasteiger partial charge is 0.265 e. The molecule has 1 saturated carbocycles. The van der Waals surface area contributed by atoms with Gasteiger partial charge in [-0.3, -0.25) is 19.6 Å². The minimum absolute atomic E-state index is 0.188. The van der Waals surface area contributed by atoms with E-state index in [1.54, 1.807) is 31.2 Å². The Morgan fingerprint density at radius 3 is 2.44 bits per heavy atom. The number of fused-ring (bicyclic) bond motifs is 1. The lowest BCUT2D eigenvalue weighted by Gasteiger charge is -2.29. The zero-order valence-corrected chi connectivity index (χ0v) is 19.5. The van der Waals surface area contributed by atoms with E-state index < -0.39 is 28.4 Å². The molecule has 0 radical (unpaired) electrons. The highest BCUT2D eigenvalue weighted by Crippen LogP contribution is 2.45. The molecule has 0 spiro atoms. The first-order chi connectivity index (χ1) is 17.4. The SMILES string of the molecule is CCn1cc([N+](=O)[O-])c(C(=O)N2N=C3/C(=C\c4ccc(F)cc4)CCCC3C2c2ccc(F)cc2)n1. The van der Waals surface area contributed by atoms with E-state index in [0.29, 0.717) is 17.8 Å². The standard InChI is InChI=1S/C26H23F2N5O3/c1-2-31-15-22(33(35)36)24(29-31)26(34)32-25(17-8-12-20(28)13-9-17)21-5-3-4-18(23(21)30-32)14-16-6-10-19(27)11-7-16/h6-15,21,25H,2-5H2,1H3/b18-14-. The summed E-state index contributed by atoms with van der Waals surface area (Å²) in [4.78, 5) is 24.7. The number of nitrogens with zero attached hydrogens (tertiary/aromatic N) is 5. The molecule has 1 fully saturated rings. The van der Waals surface area contributed by atoms with Crippen molar-refractivity contribution in [1.29, 1.82) is 0 Å². The van der Waals surface area contributed by atoms with E-state index in [1.165, 1.54) is 40.2 Å². The van der Waals surface area contributed by atoms with E-state index in [0.717, 1.165) is 30.4 Å². The van der Waals surface area contributed by atoms with Crippen LogP contribution in [0.1, 0.15) is 53.8 Å². The summed E-state index contributed by atoms with van der Waals surface area (Å²) in [5, 5.41) is 21.8. The molecule has 184 valence electrons. The van der Waals surface area contributed by atoms with Gasteiger partial charge in [-0.15, -0.1) is 0 Å². The Kier molecular flexibility index (Phi) is 6.17. The van der Waals surface area contributed by atoms with Gasteiger partial charge in [0.1, 0.15) is 17.8 Å². The van der Waals surface area contributed by atoms with Gasteiger partial charge < -0.3 is 0 Å². The van der Waals surface area contributed by atoms with Crippen LogP contribution in [0.5, 0.6) is 0 Å². The summed E-state index contributed by atoms with van der Waals surface area (Å²) >= 11 is 0. The third kappa shape index (κ3) is 4.30. The number of aryl methyl sites for hydroxylation is 1. The third-order valence-electron chi connectivity index (χ3n) is 6.60. The van der Waals surface area contributed by atoms with Gasteiger partial charge in [0.05, 0.1) is 16.7 Å². The molecular formula is C26H23F2N5O3. The fourth-order valence-electron chi connectivity index (χ4n) is 4.89. The summed E-state index contributed by atoms with van der Waals surface area (Å²) in [6.07, 6.45) is 5.44. The molecular weight excluding hydrogens is 468 g/mol. The number of benzene rings is 2. The molecule has 2 heterocycles. The van der Waals surface area contributed by atoms with Crippen molar-refractivity contribution in [2.75, 3.05) is 0 Å². The molecule has 1 amide bonds. The topological polar surface area (TPSA) is 93.6 Å². The number of rotatable bonds is 5. The van der Waals surface area contributed by atoms with Gasteiger partial charge in [0, 0.05) is 12.5 Å². The number of carbonyl (C=O) groups is 1. The number of carbonyl (C=O) groups excluding carboxylic acids is 1. The van der Waals surface area contributed by atoms with Crippen LogP contribution in [0.4, 0.5) is 14.5 Å². The molecule has 10 heteroatoms. The Morgan fingerprint density at radius 1 is 1.14 bits per heavy atom. The van der Waals surface area contributed by atoms with Crippen LogP contribution in [0, 0.1) is 27.7 Å². The number of aromatic nitrogens is 2. The predicted octanol–water partition coefficient (Wildman–Crippen LogP) is 5.53. The van der Waals surface area contributed by atoms with Gasteiger partial charge in [0.25, 0.3) is 0 Å². The van der Waals surface area contributed by atoms with Crippen molar-refractivity contribution in [2.45, 2.75) is 38.8 Å². The monoisotopic (exact) mass is 491 g/mol. The maximum absolute atomic E-state index is 13.7. The highest BCUT2D eigenvalue weighted by Gasteiger charge is 2.45. The van der Waals surface area contributed by atoms with Gasteiger partial charge in [-0.25, -0.2) is 13.8 Å². The number of halogens is 2. The fourth-order valence-corrected chi connectivity index (χ4v) is 4.89. The normalized spacial score (nSPS) is 20.4. The lowest BCUT2D eigenvalue weighted by atomic mass is 9.77. The van der Waals surface area contributed by atoms with E-state index >= 15 is 0 Å². The first-order valence-corrected chi connectivity index (χ1v) is 11.7. The van der Waals surface area contributed by atoms with Crippen molar-refractivity contribution >= 4 is 23.4 Å². The third-order valence-corrected chi connectivity index (χ3v) is 6.60. The lowest BCUT2D eigenvalue weighted by molar-refractivity contribution is -0.385. The molecule has 2 aromatic carbocycles. The second kappa shape index (κ2) is 9.44. The Labute approximate surface area is 205 Å². The average molecular weight is 491 g/mol. The van der Waals surface area contributed by atoms with Crippen LogP contribution in [0.2, 0.25) is 0 Å². The molecule has 2 unspecified atom stereocenters. The second-order valence-corrected chi connectivity index (χ2v) is 8.83. The van der Waals surface area contributed by atoms with E-state index in [2.05, 4.69) is 10.2 Å². The summed E-state index contributed by atoms with van der Waals surface area (Å²) in [5.74, 6) is -1.62. The molecule has 0 bridgehead atoms. The molecule has 36 heavy (non-hydrogen) atoms. The maximum Gasteiger partial charge on any atom is 0.320 e. The quantitative estimate of drug-likeness (QED) is 0.347. The van der Waals surface area contributed by atoms with Gasteiger partial charge >= 0.3 is 11.6 Å². The van der Waals surface area contributed by atoms with Crippen LogP contribution in [-0.2, 0) is 6.54 Å². The maximum atomic E-state index is 13.7. The number of hydrazone groups is 1. The van der Waals surface area contributed by atoms with E-state index in [9.17, 15) is 23.7 Å². The number of allylic oxidation sites excluding steroid dienone is 1. The Morgan fingerprint density at radius 2 is 1.81 bits per heavy atom. The average Bonchev–Trinajstić information content (AvgIpc) is 3.49. The van der Waals surface area contributed by atoms with E-state index in [-0.39, 0.29) is 17.4 Å². The summed E-state index contributed by atoms with van der Waals surface area (Å²) in [6.45, 7) is 2.13. The van der Waals surface area contributed by atoms with Crippen LogP contribution in [0.3, 0.4) is 0 Å². The molecule has 1 aromatic heterocycles. The van der Waals surface area contributed by atoms with Crippen molar-refractivity contribution in [3.8, 4) is 0 Å². The highest BCUT2D eigenvalue weighted by atomic mass is 19.1. The Hall–Kier alpha value is -4.21. The second-order valence-electron chi connectivity index (χ2n) is 8.83. The van der Waals surface area contributed by atoms with Gasteiger partial charge in [0.15, 0.2) is 0 Å². The first kappa shape index (κ1) is 23.5. The van der Waals surface area contributed by atoms with Crippen LogP contribution in [-0.4, -0.2) is 31.3 Å². The van der Waals surface area contributed by atoms with Crippen LogP contribution in [0.15, 0.2) is 65.4 Å². The molecule has 1 aliphatic carbocycles. The van der Waals surface area contributed by atoms with Crippen LogP contribution < -0.4 is 0 Å². The molecule has 2 atom stereocenters. The van der Waals surface area contributed by atoms with E-state index in [4.69, 9.17) is 0 Å². The summed E-state index contributed by atoms with van der Waals surface area (Å²) in [7, 11) is 0. The molecule has 1 aliphatic heterocycles. The Bertz CT molecular complexity index is 1380. The zero-order chi connectivity index (χ0) is 25.4. The summed E-state index contributed by atoms with van der Waals surface area (Å²) in [5.41, 5.74) is 2.40. The Balaban J connectivity index is 1.60. The molecule has 0 N–H and O–H groups in total. The van der Waals surface area contributed by atoms with Crippen molar-refractivity contribution in [2.24, 2.45) is 11.0 Å². The van der Waals surface area contributed by atoms with Crippen molar-refractivity contribution in [1.82, 2.24) is 14.8 Å².